The Hall–Kier alpha value is 0.620. The van der Waals surface area contributed by atoms with E-state index in [1.807, 2.05) is 0 Å². The van der Waals surface area contributed by atoms with Gasteiger partial charge >= 0.3 is 0 Å². The van der Waals surface area contributed by atoms with Crippen LogP contribution in [0.5, 0.6) is 0 Å². The first kappa shape index (κ1) is 15.0. The van der Waals surface area contributed by atoms with Crippen LogP contribution in [-0.4, -0.2) is 28.6 Å². The Labute approximate surface area is 115 Å². The largest absolute Gasteiger partial charge is 0.630 e. The van der Waals surface area contributed by atoms with Crippen molar-refractivity contribution in [3.05, 3.63) is 0 Å². The fourth-order valence-corrected chi connectivity index (χ4v) is 7.43. The molecule has 2 aliphatic heterocycles. The highest BCUT2D eigenvalue weighted by Gasteiger charge is 2.60. The SMILES string of the molecule is CC1(C)CO[P+]([O-])([C@@H]2NC(C)(C)SC2(C)C)OC1. The molecule has 0 radical (unpaired) electrons. The zero-order valence-corrected chi connectivity index (χ0v) is 13.8. The third kappa shape index (κ3) is 2.87. The Morgan fingerprint density at radius 2 is 1.61 bits per heavy atom. The molecule has 0 saturated carbocycles. The van der Waals surface area contributed by atoms with Crippen molar-refractivity contribution >= 4 is 19.7 Å². The second kappa shape index (κ2) is 4.31. The molecule has 0 spiro atoms. The van der Waals surface area contributed by atoms with Gasteiger partial charge in [0.1, 0.15) is 13.2 Å². The van der Waals surface area contributed by atoms with Crippen molar-refractivity contribution in [2.24, 2.45) is 5.41 Å². The predicted octanol–water partition coefficient (Wildman–Crippen LogP) is 2.36. The first-order valence-electron chi connectivity index (χ1n) is 6.33. The van der Waals surface area contributed by atoms with E-state index in [1.54, 1.807) is 11.8 Å². The Bertz CT molecular complexity index is 336. The van der Waals surface area contributed by atoms with Crippen LogP contribution in [0.25, 0.3) is 0 Å². The van der Waals surface area contributed by atoms with Crippen LogP contribution in [0.1, 0.15) is 41.5 Å². The van der Waals surface area contributed by atoms with Gasteiger partial charge in [-0.1, -0.05) is 13.8 Å². The molecule has 18 heavy (non-hydrogen) atoms. The molecule has 0 aromatic carbocycles. The molecular weight excluding hydrogens is 269 g/mol. The summed E-state index contributed by atoms with van der Waals surface area (Å²) in [5.41, 5.74) is -0.0562. The Morgan fingerprint density at radius 3 is 2.00 bits per heavy atom. The van der Waals surface area contributed by atoms with Crippen LogP contribution in [0.2, 0.25) is 0 Å². The maximum absolute atomic E-state index is 12.9. The smallest absolute Gasteiger partial charge is 0.256 e. The van der Waals surface area contributed by atoms with E-state index >= 15 is 0 Å². The van der Waals surface area contributed by atoms with Crippen molar-refractivity contribution in [3.63, 3.8) is 0 Å². The quantitative estimate of drug-likeness (QED) is 0.752. The summed E-state index contributed by atoms with van der Waals surface area (Å²) < 4.78 is 11.1. The van der Waals surface area contributed by atoms with Crippen LogP contribution in [-0.2, 0) is 9.05 Å². The van der Waals surface area contributed by atoms with E-state index in [2.05, 4.69) is 46.9 Å². The van der Waals surface area contributed by atoms with Gasteiger partial charge in [0, 0.05) is 5.41 Å². The van der Waals surface area contributed by atoms with Gasteiger partial charge in [-0.3, -0.25) is 5.32 Å². The van der Waals surface area contributed by atoms with Crippen LogP contribution in [0.15, 0.2) is 0 Å². The minimum atomic E-state index is -3.07. The zero-order valence-electron chi connectivity index (χ0n) is 12.1. The summed E-state index contributed by atoms with van der Waals surface area (Å²) >= 11 is 1.78. The van der Waals surface area contributed by atoms with Gasteiger partial charge in [0.05, 0.1) is 9.62 Å². The summed E-state index contributed by atoms with van der Waals surface area (Å²) in [6.45, 7) is 13.5. The molecule has 2 saturated heterocycles. The lowest BCUT2D eigenvalue weighted by Crippen LogP contribution is -2.50. The van der Waals surface area contributed by atoms with E-state index in [0.29, 0.717) is 13.2 Å². The van der Waals surface area contributed by atoms with Crippen LogP contribution in [0, 0.1) is 5.41 Å². The first-order chi connectivity index (χ1) is 7.96. The topological polar surface area (TPSA) is 53.5 Å². The van der Waals surface area contributed by atoms with Crippen molar-refractivity contribution in [2.45, 2.75) is 56.9 Å². The van der Waals surface area contributed by atoms with E-state index < -0.39 is 7.94 Å². The normalized spacial score (nSPS) is 36.5. The third-order valence-electron chi connectivity index (χ3n) is 3.25. The first-order valence-corrected chi connectivity index (χ1v) is 8.75. The molecule has 0 bridgehead atoms. The molecule has 0 aromatic rings. The molecule has 106 valence electrons. The molecule has 2 fully saturated rings. The summed E-state index contributed by atoms with van der Waals surface area (Å²) in [6.07, 6.45) is 0. The van der Waals surface area contributed by atoms with Crippen molar-refractivity contribution < 1.29 is 13.9 Å². The fraction of sp³-hybridized carbons (Fsp3) is 1.00. The lowest BCUT2D eigenvalue weighted by atomic mass is 9.97. The predicted molar refractivity (Wildman–Crippen MR) is 75.3 cm³/mol. The lowest BCUT2D eigenvalue weighted by Gasteiger charge is -2.43. The van der Waals surface area contributed by atoms with E-state index in [4.69, 9.17) is 9.05 Å². The Kier molecular flexibility index (Phi) is 3.59. The molecule has 1 N–H and O–H groups in total. The number of nitrogens with one attached hydrogen (secondary N) is 1. The van der Waals surface area contributed by atoms with Crippen LogP contribution >= 0.6 is 19.7 Å². The molecule has 0 aliphatic carbocycles. The van der Waals surface area contributed by atoms with Gasteiger partial charge in [0.15, 0.2) is 5.78 Å². The Balaban J connectivity index is 2.17. The van der Waals surface area contributed by atoms with Crippen LogP contribution in [0.3, 0.4) is 0 Å². The maximum Gasteiger partial charge on any atom is 0.256 e. The van der Waals surface area contributed by atoms with Gasteiger partial charge < -0.3 is 4.89 Å². The highest BCUT2D eigenvalue weighted by molar-refractivity contribution is 8.02. The van der Waals surface area contributed by atoms with Crippen molar-refractivity contribution in [1.82, 2.24) is 5.32 Å². The molecule has 2 aliphatic rings. The maximum atomic E-state index is 12.9. The monoisotopic (exact) mass is 293 g/mol. The summed E-state index contributed by atoms with van der Waals surface area (Å²) in [6, 6.07) is 0. The molecule has 0 amide bonds. The second-order valence-electron chi connectivity index (χ2n) is 7.01. The summed E-state index contributed by atoms with van der Waals surface area (Å²) in [4.78, 5) is 12.8. The molecule has 1 atom stereocenters. The molecule has 2 heterocycles. The van der Waals surface area contributed by atoms with Gasteiger partial charge in [-0.15, -0.1) is 11.8 Å². The van der Waals surface area contributed by atoms with E-state index in [0.717, 1.165) is 0 Å². The third-order valence-corrected chi connectivity index (χ3v) is 7.20. The van der Waals surface area contributed by atoms with Crippen molar-refractivity contribution in [1.29, 1.82) is 0 Å². The molecule has 0 unspecified atom stereocenters. The molecular formula is C12H24NO3PS. The van der Waals surface area contributed by atoms with E-state index in [-0.39, 0.29) is 20.8 Å². The van der Waals surface area contributed by atoms with Crippen LogP contribution in [0.4, 0.5) is 0 Å². The average Bonchev–Trinajstić information content (AvgIpc) is 2.41. The van der Waals surface area contributed by atoms with Gasteiger partial charge in [0.25, 0.3) is 7.94 Å². The van der Waals surface area contributed by atoms with Crippen LogP contribution < -0.4 is 10.2 Å². The summed E-state index contributed by atoms with van der Waals surface area (Å²) in [7, 11) is -3.07. The van der Waals surface area contributed by atoms with Gasteiger partial charge in [-0.2, -0.15) is 0 Å². The van der Waals surface area contributed by atoms with E-state index in [9.17, 15) is 4.89 Å². The van der Waals surface area contributed by atoms with Gasteiger partial charge in [-0.05, 0) is 27.7 Å². The number of thioether (sulfide) groups is 1. The standard InChI is InChI=1S/C12H24NO3PS/c1-10(2)7-15-17(14,16-8-10)9-11(3,4)18-12(5,6)13-9/h9,13H,7-8H2,1-6H3/t9-/m0/s1. The summed E-state index contributed by atoms with van der Waals surface area (Å²) in [5.74, 6) is -0.249. The van der Waals surface area contributed by atoms with Gasteiger partial charge in [0.2, 0.25) is 0 Å². The molecule has 0 aromatic heterocycles. The minimum Gasteiger partial charge on any atom is -0.630 e. The highest BCUT2D eigenvalue weighted by atomic mass is 32.2. The average molecular weight is 293 g/mol. The minimum absolute atomic E-state index is 0.0562. The molecule has 6 heteroatoms. The van der Waals surface area contributed by atoms with Crippen molar-refractivity contribution in [3.8, 4) is 0 Å². The number of hydrogen-bond acceptors (Lipinski definition) is 5. The second-order valence-corrected chi connectivity index (χ2v) is 11.4. The zero-order chi connectivity index (χ0) is 13.8. The number of hydrogen-bond donors (Lipinski definition) is 1. The number of rotatable bonds is 1. The molecule has 4 nitrogen and oxygen atoms in total. The van der Waals surface area contributed by atoms with Crippen molar-refractivity contribution in [2.75, 3.05) is 13.2 Å². The highest BCUT2D eigenvalue weighted by Crippen LogP contribution is 2.67. The van der Waals surface area contributed by atoms with E-state index in [1.165, 1.54) is 0 Å². The van der Waals surface area contributed by atoms with Gasteiger partial charge in [-0.25, -0.2) is 9.05 Å². The lowest BCUT2D eigenvalue weighted by molar-refractivity contribution is -0.237. The molecule has 2 rings (SSSR count). The fourth-order valence-electron chi connectivity index (χ4n) is 2.46. The Morgan fingerprint density at radius 1 is 1.11 bits per heavy atom. The summed E-state index contributed by atoms with van der Waals surface area (Å²) in [5, 5.41) is 3.41.